The fourth-order valence-electron chi connectivity index (χ4n) is 5.88. The first-order chi connectivity index (χ1) is 17.2. The maximum atomic E-state index is 6.60. The van der Waals surface area contributed by atoms with Crippen molar-refractivity contribution in [2.45, 2.75) is 122 Å². The van der Waals surface area contributed by atoms with E-state index in [9.17, 15) is 0 Å². The van der Waals surface area contributed by atoms with Crippen molar-refractivity contribution in [1.29, 1.82) is 0 Å². The number of unbranched alkanes of at least 4 members (excludes halogenated alkanes) is 7. The van der Waals surface area contributed by atoms with Crippen LogP contribution >= 0.6 is 0 Å². The highest BCUT2D eigenvalue weighted by molar-refractivity contribution is 6.60. The zero-order valence-corrected chi connectivity index (χ0v) is 25.4. The summed E-state index contributed by atoms with van der Waals surface area (Å²) < 4.78 is 22.0. The normalized spacial score (nSPS) is 20.7. The lowest BCUT2D eigenvalue weighted by Crippen LogP contribution is -2.58. The van der Waals surface area contributed by atoms with Gasteiger partial charge in [0.15, 0.2) is 0 Å². The van der Waals surface area contributed by atoms with E-state index in [1.54, 1.807) is 21.3 Å². The summed E-state index contributed by atoms with van der Waals surface area (Å²) in [5, 5.41) is 2.30. The van der Waals surface area contributed by atoms with Crippen LogP contribution in [0.4, 0.5) is 0 Å². The molecular weight excluding hydrogens is 470 g/mol. The van der Waals surface area contributed by atoms with E-state index in [1.165, 1.54) is 76.2 Å². The average Bonchev–Trinajstić information content (AvgIpc) is 2.86. The molecule has 0 saturated carbocycles. The van der Waals surface area contributed by atoms with Crippen LogP contribution < -0.4 is 0 Å². The average molecular weight is 526 g/mol. The maximum Gasteiger partial charge on any atom is 0.500 e. The standard InChI is InChI=1S/C29H55NO5Si/c1-28(2)20-16-21-29(3,4)30(28)35-25-27(26-18-22-34-23-19-26)17-14-12-10-8-9-11-13-15-24-36(31-5,32-6)33-7/h18-19,22,27H,8-17,20-21,23-25H2,1-7H3. The molecule has 6 nitrogen and oxygen atoms in total. The Labute approximate surface area is 223 Å². The monoisotopic (exact) mass is 525 g/mol. The summed E-state index contributed by atoms with van der Waals surface area (Å²) in [6, 6.07) is 0.904. The first kappa shape index (κ1) is 31.5. The SMILES string of the molecule is CO[Si](CCCCCCCCCCC(CON1C(C)(C)CCCC1(C)C)C1=CCOC=C1)(OC)OC. The van der Waals surface area contributed by atoms with Crippen molar-refractivity contribution in [3.63, 3.8) is 0 Å². The van der Waals surface area contributed by atoms with Gasteiger partial charge in [0.25, 0.3) is 0 Å². The summed E-state index contributed by atoms with van der Waals surface area (Å²) in [7, 11) is 2.69. The van der Waals surface area contributed by atoms with E-state index >= 15 is 0 Å². The van der Waals surface area contributed by atoms with Crippen molar-refractivity contribution in [3.8, 4) is 0 Å². The van der Waals surface area contributed by atoms with Gasteiger partial charge >= 0.3 is 8.80 Å². The van der Waals surface area contributed by atoms with E-state index in [4.69, 9.17) is 22.9 Å². The lowest BCUT2D eigenvalue weighted by molar-refractivity contribution is -0.284. The Kier molecular flexibility index (Phi) is 13.7. The quantitative estimate of drug-likeness (QED) is 0.137. The Morgan fingerprint density at radius 1 is 0.861 bits per heavy atom. The second-order valence-electron chi connectivity index (χ2n) is 11.8. The van der Waals surface area contributed by atoms with Gasteiger partial charge in [0.2, 0.25) is 0 Å². The van der Waals surface area contributed by atoms with Gasteiger partial charge in [-0.05, 0) is 77.5 Å². The summed E-state index contributed by atoms with van der Waals surface area (Å²) in [4.78, 5) is 6.60. The number of hydroxylamine groups is 2. The molecule has 7 heteroatoms. The van der Waals surface area contributed by atoms with Gasteiger partial charge in [0.1, 0.15) is 6.61 Å². The third kappa shape index (κ3) is 9.88. The largest absolute Gasteiger partial charge is 0.500 e. The number of rotatable bonds is 18. The molecule has 0 bridgehead atoms. The molecule has 2 aliphatic rings. The van der Waals surface area contributed by atoms with Crippen LogP contribution in [0.5, 0.6) is 0 Å². The summed E-state index contributed by atoms with van der Waals surface area (Å²) >= 11 is 0. The van der Waals surface area contributed by atoms with Crippen molar-refractivity contribution >= 4 is 8.80 Å². The molecule has 0 aliphatic carbocycles. The molecule has 0 spiro atoms. The maximum absolute atomic E-state index is 6.60. The van der Waals surface area contributed by atoms with Crippen LogP contribution in [0.1, 0.15) is 105 Å². The van der Waals surface area contributed by atoms with Crippen LogP contribution in [0.2, 0.25) is 6.04 Å². The van der Waals surface area contributed by atoms with Gasteiger partial charge < -0.3 is 18.0 Å². The number of allylic oxidation sites excluding steroid dienone is 1. The molecule has 36 heavy (non-hydrogen) atoms. The molecule has 1 saturated heterocycles. The number of nitrogens with zero attached hydrogens (tertiary/aromatic N) is 1. The minimum Gasteiger partial charge on any atom is -0.497 e. The molecule has 210 valence electrons. The van der Waals surface area contributed by atoms with E-state index in [1.807, 2.05) is 6.26 Å². The number of ether oxygens (including phenoxy) is 1. The van der Waals surface area contributed by atoms with Gasteiger partial charge in [-0.1, -0.05) is 44.9 Å². The molecule has 0 aromatic rings. The molecule has 1 unspecified atom stereocenters. The lowest BCUT2D eigenvalue weighted by Gasteiger charge is -2.51. The van der Waals surface area contributed by atoms with E-state index in [2.05, 4.69) is 44.9 Å². The van der Waals surface area contributed by atoms with E-state index in [0.29, 0.717) is 12.5 Å². The summed E-state index contributed by atoms with van der Waals surface area (Å²) in [6.45, 7) is 10.7. The summed E-state index contributed by atoms with van der Waals surface area (Å²) in [5.41, 5.74) is 1.52. The van der Waals surface area contributed by atoms with Crippen LogP contribution in [-0.2, 0) is 22.9 Å². The summed E-state index contributed by atoms with van der Waals surface area (Å²) in [5.74, 6) is 0.422. The van der Waals surface area contributed by atoms with Crippen LogP contribution in [-0.4, -0.2) is 59.5 Å². The highest BCUT2D eigenvalue weighted by Crippen LogP contribution is 2.39. The van der Waals surface area contributed by atoms with Gasteiger partial charge in [-0.25, -0.2) is 0 Å². The lowest BCUT2D eigenvalue weighted by atomic mass is 9.82. The zero-order chi connectivity index (χ0) is 26.5. The third-order valence-electron chi connectivity index (χ3n) is 8.04. The first-order valence-electron chi connectivity index (χ1n) is 14.3. The number of hydrogen-bond donors (Lipinski definition) is 0. The third-order valence-corrected chi connectivity index (χ3v) is 10.9. The van der Waals surface area contributed by atoms with Crippen molar-refractivity contribution in [2.75, 3.05) is 34.5 Å². The van der Waals surface area contributed by atoms with Crippen molar-refractivity contribution in [2.24, 2.45) is 5.92 Å². The Balaban J connectivity index is 1.69. The Hall–Kier alpha value is -0.703. The molecule has 0 amide bonds. The van der Waals surface area contributed by atoms with E-state index < -0.39 is 8.80 Å². The smallest absolute Gasteiger partial charge is 0.497 e. The minimum absolute atomic E-state index is 0.0760. The zero-order valence-electron chi connectivity index (χ0n) is 24.4. The van der Waals surface area contributed by atoms with E-state index in [0.717, 1.165) is 19.1 Å². The molecule has 2 aliphatic heterocycles. The molecular formula is C29H55NO5Si. The van der Waals surface area contributed by atoms with Gasteiger partial charge in [-0.2, -0.15) is 5.06 Å². The van der Waals surface area contributed by atoms with Crippen LogP contribution in [0.25, 0.3) is 0 Å². The predicted octanol–water partition coefficient (Wildman–Crippen LogP) is 7.44. The Morgan fingerprint density at radius 3 is 1.94 bits per heavy atom. The van der Waals surface area contributed by atoms with Crippen molar-refractivity contribution in [3.05, 3.63) is 24.0 Å². The highest BCUT2D eigenvalue weighted by atomic mass is 28.4. The fraction of sp³-hybridized carbons (Fsp3) is 0.862. The Morgan fingerprint density at radius 2 is 1.42 bits per heavy atom. The van der Waals surface area contributed by atoms with Gasteiger partial charge in [-0.3, -0.25) is 4.84 Å². The van der Waals surface area contributed by atoms with Crippen molar-refractivity contribution in [1.82, 2.24) is 5.06 Å². The number of piperidine rings is 1. The minimum atomic E-state index is -2.39. The van der Waals surface area contributed by atoms with Gasteiger partial charge in [0, 0.05) is 44.4 Å². The van der Waals surface area contributed by atoms with Crippen molar-refractivity contribution < 1.29 is 22.9 Å². The topological polar surface area (TPSA) is 49.4 Å². The second kappa shape index (κ2) is 15.6. The molecule has 1 fully saturated rings. The first-order valence-corrected chi connectivity index (χ1v) is 16.2. The van der Waals surface area contributed by atoms with Crippen LogP contribution in [0, 0.1) is 5.92 Å². The fourth-order valence-corrected chi connectivity index (χ4v) is 7.68. The summed E-state index contributed by atoms with van der Waals surface area (Å²) in [6.07, 6.45) is 21.1. The van der Waals surface area contributed by atoms with Crippen LogP contribution in [0.15, 0.2) is 24.0 Å². The molecule has 2 heterocycles. The van der Waals surface area contributed by atoms with Crippen LogP contribution in [0.3, 0.4) is 0 Å². The van der Waals surface area contributed by atoms with Gasteiger partial charge in [0.05, 0.1) is 12.9 Å². The molecule has 1 atom stereocenters. The predicted molar refractivity (Wildman–Crippen MR) is 150 cm³/mol. The molecule has 0 N–H and O–H groups in total. The molecule has 0 aromatic carbocycles. The Bertz CT molecular complexity index is 650. The van der Waals surface area contributed by atoms with E-state index in [-0.39, 0.29) is 11.1 Å². The second-order valence-corrected chi connectivity index (χ2v) is 14.9. The molecule has 0 radical (unpaired) electrons. The highest BCUT2D eigenvalue weighted by Gasteiger charge is 2.42. The number of hydrogen-bond acceptors (Lipinski definition) is 6. The van der Waals surface area contributed by atoms with Gasteiger partial charge in [-0.15, -0.1) is 0 Å². The molecule has 2 rings (SSSR count). The molecule has 0 aromatic heterocycles.